The molecule has 2 aromatic rings. The highest BCUT2D eigenvalue weighted by atomic mass is 14.9. The quantitative estimate of drug-likeness (QED) is 0.656. The molecule has 0 saturated carbocycles. The molecule has 1 aromatic heterocycles. The molecule has 1 aromatic carbocycles. The first-order valence-corrected chi connectivity index (χ1v) is 7.88. The summed E-state index contributed by atoms with van der Waals surface area (Å²) < 4.78 is 0. The van der Waals surface area contributed by atoms with Crippen LogP contribution >= 0.6 is 0 Å². The Balaban J connectivity index is 1.77. The highest BCUT2D eigenvalue weighted by Gasteiger charge is 2.06. The van der Waals surface area contributed by atoms with Gasteiger partial charge in [0.15, 0.2) is 6.33 Å². The Hall–Kier alpha value is -1.57. The largest absolute Gasteiger partial charge is 0.339 e. The van der Waals surface area contributed by atoms with Gasteiger partial charge in [0.25, 0.3) is 0 Å². The monoisotopic (exact) mass is 269 g/mol. The third kappa shape index (κ3) is 4.84. The Bertz CT molecular complexity index is 473. The molecule has 1 radical (unpaired) electrons. The lowest BCUT2D eigenvalue weighted by molar-refractivity contribution is 0.604. The van der Waals surface area contributed by atoms with Crippen molar-refractivity contribution < 1.29 is 0 Å². The van der Waals surface area contributed by atoms with Crippen molar-refractivity contribution >= 4 is 0 Å². The summed E-state index contributed by atoms with van der Waals surface area (Å²) in [6, 6.07) is 10.5. The van der Waals surface area contributed by atoms with E-state index in [9.17, 15) is 0 Å². The zero-order chi connectivity index (χ0) is 14.0. The van der Waals surface area contributed by atoms with Crippen LogP contribution in [0.5, 0.6) is 0 Å². The summed E-state index contributed by atoms with van der Waals surface area (Å²) in [5.41, 5.74) is 3.74. The molecule has 107 valence electrons. The van der Waals surface area contributed by atoms with Gasteiger partial charge in [-0.15, -0.1) is 0 Å². The van der Waals surface area contributed by atoms with E-state index in [0.29, 0.717) is 0 Å². The minimum absolute atomic E-state index is 0.909. The number of aryl methyl sites for hydroxylation is 1. The van der Waals surface area contributed by atoms with Crippen LogP contribution in [0.15, 0.2) is 30.3 Å². The number of aromatic nitrogens is 2. The number of unbranched alkanes of at least 4 members (excludes halogenated alkanes) is 5. The molecule has 0 fully saturated rings. The van der Waals surface area contributed by atoms with E-state index < -0.39 is 0 Å². The molecule has 2 nitrogen and oxygen atoms in total. The van der Waals surface area contributed by atoms with Gasteiger partial charge in [0.05, 0.1) is 5.69 Å². The second-order valence-corrected chi connectivity index (χ2v) is 5.45. The second-order valence-electron chi connectivity index (χ2n) is 5.45. The third-order valence-electron chi connectivity index (χ3n) is 3.74. The van der Waals surface area contributed by atoms with Gasteiger partial charge in [-0.3, -0.25) is 0 Å². The van der Waals surface area contributed by atoms with Crippen LogP contribution in [-0.4, -0.2) is 9.97 Å². The average molecular weight is 269 g/mol. The van der Waals surface area contributed by atoms with Gasteiger partial charge < -0.3 is 4.98 Å². The highest BCUT2D eigenvalue weighted by molar-refractivity contribution is 5.24. The highest BCUT2D eigenvalue weighted by Crippen LogP contribution is 2.14. The average Bonchev–Trinajstić information content (AvgIpc) is 2.91. The fraction of sp³-hybridized carbons (Fsp3) is 0.500. The summed E-state index contributed by atoms with van der Waals surface area (Å²) in [6.07, 6.45) is 12.9. The van der Waals surface area contributed by atoms with Crippen molar-refractivity contribution in [3.8, 4) is 0 Å². The Labute approximate surface area is 122 Å². The second kappa shape index (κ2) is 8.57. The Morgan fingerprint density at radius 2 is 1.75 bits per heavy atom. The molecule has 0 bridgehead atoms. The van der Waals surface area contributed by atoms with Gasteiger partial charge in [-0.05, 0) is 18.4 Å². The summed E-state index contributed by atoms with van der Waals surface area (Å²) in [7, 11) is 0. The fourth-order valence-corrected chi connectivity index (χ4v) is 2.53. The topological polar surface area (TPSA) is 28.7 Å². The molecule has 20 heavy (non-hydrogen) atoms. The number of nitrogens with zero attached hydrogens (tertiary/aromatic N) is 1. The molecule has 0 amide bonds. The predicted octanol–water partition coefficient (Wildman–Crippen LogP) is 4.70. The van der Waals surface area contributed by atoms with E-state index in [-0.39, 0.29) is 0 Å². The first-order valence-electron chi connectivity index (χ1n) is 7.88. The van der Waals surface area contributed by atoms with Crippen molar-refractivity contribution in [3.05, 3.63) is 53.6 Å². The van der Waals surface area contributed by atoms with Gasteiger partial charge >= 0.3 is 0 Å². The number of hydrogen-bond acceptors (Lipinski definition) is 1. The van der Waals surface area contributed by atoms with Gasteiger partial charge in [-0.25, -0.2) is 4.98 Å². The lowest BCUT2D eigenvalue weighted by Crippen LogP contribution is -1.95. The SMILES string of the molecule is CCCCCCCCc1[nH][c]nc1Cc1ccccc1. The molecule has 0 aliphatic carbocycles. The minimum Gasteiger partial charge on any atom is -0.339 e. The lowest BCUT2D eigenvalue weighted by atomic mass is 10.0. The van der Waals surface area contributed by atoms with Crippen molar-refractivity contribution in [3.63, 3.8) is 0 Å². The van der Waals surface area contributed by atoms with E-state index in [1.54, 1.807) is 0 Å². The van der Waals surface area contributed by atoms with Crippen LogP contribution in [0.1, 0.15) is 62.4 Å². The van der Waals surface area contributed by atoms with Crippen molar-refractivity contribution in [2.24, 2.45) is 0 Å². The molecule has 0 spiro atoms. The molecule has 1 heterocycles. The minimum atomic E-state index is 0.909. The summed E-state index contributed by atoms with van der Waals surface area (Å²) >= 11 is 0. The maximum absolute atomic E-state index is 4.36. The molecule has 1 N–H and O–H groups in total. The number of hydrogen-bond donors (Lipinski definition) is 1. The number of imidazole rings is 1. The van der Waals surface area contributed by atoms with Crippen molar-refractivity contribution in [2.45, 2.75) is 58.3 Å². The molecular formula is C18H25N2. The van der Waals surface area contributed by atoms with Crippen molar-refractivity contribution in [2.75, 3.05) is 0 Å². The van der Waals surface area contributed by atoms with Gasteiger partial charge in [0, 0.05) is 12.1 Å². The normalized spacial score (nSPS) is 10.8. The summed E-state index contributed by atoms with van der Waals surface area (Å²) in [5.74, 6) is 0. The van der Waals surface area contributed by atoms with E-state index in [4.69, 9.17) is 0 Å². The van der Waals surface area contributed by atoms with E-state index in [0.717, 1.165) is 18.5 Å². The predicted molar refractivity (Wildman–Crippen MR) is 83.8 cm³/mol. The van der Waals surface area contributed by atoms with E-state index >= 15 is 0 Å². The zero-order valence-electron chi connectivity index (χ0n) is 12.5. The van der Waals surface area contributed by atoms with E-state index in [1.807, 2.05) is 0 Å². The Morgan fingerprint density at radius 1 is 1.00 bits per heavy atom. The van der Waals surface area contributed by atoms with Gasteiger partial charge in [-0.1, -0.05) is 69.4 Å². The first-order chi connectivity index (χ1) is 9.90. The van der Waals surface area contributed by atoms with E-state index in [1.165, 1.54) is 49.8 Å². The van der Waals surface area contributed by atoms with Crippen LogP contribution in [0, 0.1) is 6.33 Å². The number of benzene rings is 1. The van der Waals surface area contributed by atoms with Crippen LogP contribution < -0.4 is 0 Å². The molecule has 0 aliphatic rings. The van der Waals surface area contributed by atoms with Gasteiger partial charge in [-0.2, -0.15) is 0 Å². The number of aromatic amines is 1. The van der Waals surface area contributed by atoms with Crippen LogP contribution in [-0.2, 0) is 12.8 Å². The maximum atomic E-state index is 4.36. The van der Waals surface area contributed by atoms with E-state index in [2.05, 4.69) is 53.6 Å². The number of H-pyrrole nitrogens is 1. The number of nitrogens with one attached hydrogen (secondary N) is 1. The Morgan fingerprint density at radius 3 is 2.55 bits per heavy atom. The third-order valence-corrected chi connectivity index (χ3v) is 3.74. The van der Waals surface area contributed by atoms with Gasteiger partial charge in [0.2, 0.25) is 0 Å². The lowest BCUT2D eigenvalue weighted by Gasteiger charge is -2.04. The number of rotatable bonds is 9. The molecular weight excluding hydrogens is 244 g/mol. The fourth-order valence-electron chi connectivity index (χ4n) is 2.53. The summed E-state index contributed by atoms with van der Waals surface area (Å²) in [4.78, 5) is 7.55. The van der Waals surface area contributed by atoms with Crippen molar-refractivity contribution in [1.29, 1.82) is 0 Å². The standard InChI is InChI=1S/C18H25N2/c1-2-3-4-5-6-10-13-17-18(20-15-19-17)14-16-11-8-7-9-12-16/h7-9,11-12H,2-6,10,13-14H2,1H3,(H,19,20). The summed E-state index contributed by atoms with van der Waals surface area (Å²) in [5, 5.41) is 0. The van der Waals surface area contributed by atoms with Crippen LogP contribution in [0.3, 0.4) is 0 Å². The zero-order valence-corrected chi connectivity index (χ0v) is 12.5. The van der Waals surface area contributed by atoms with Gasteiger partial charge in [0.1, 0.15) is 0 Å². The van der Waals surface area contributed by atoms with Crippen LogP contribution in [0.2, 0.25) is 0 Å². The Kier molecular flexibility index (Phi) is 6.36. The van der Waals surface area contributed by atoms with Crippen LogP contribution in [0.25, 0.3) is 0 Å². The van der Waals surface area contributed by atoms with Crippen molar-refractivity contribution in [1.82, 2.24) is 9.97 Å². The molecule has 2 heteroatoms. The molecule has 0 aliphatic heterocycles. The van der Waals surface area contributed by atoms with Crippen LogP contribution in [0.4, 0.5) is 0 Å². The summed E-state index contributed by atoms with van der Waals surface area (Å²) in [6.45, 7) is 2.26. The smallest absolute Gasteiger partial charge is 0.174 e. The first kappa shape index (κ1) is 14.8. The molecule has 0 atom stereocenters. The molecule has 2 rings (SSSR count). The molecule has 0 saturated heterocycles. The maximum Gasteiger partial charge on any atom is 0.174 e. The molecule has 0 unspecified atom stereocenters.